The van der Waals surface area contributed by atoms with Crippen molar-refractivity contribution in [2.24, 2.45) is 11.8 Å². The van der Waals surface area contributed by atoms with Crippen LogP contribution in [0.25, 0.3) is 0 Å². The first kappa shape index (κ1) is 14.3. The normalized spacial score (nSPS) is 26.1. The van der Waals surface area contributed by atoms with Gasteiger partial charge in [0.1, 0.15) is 0 Å². The number of nitrogens with one attached hydrogen (secondary N) is 1. The first-order valence-corrected chi connectivity index (χ1v) is 8.66. The van der Waals surface area contributed by atoms with Gasteiger partial charge in [0.15, 0.2) is 0 Å². The van der Waals surface area contributed by atoms with Crippen molar-refractivity contribution < 1.29 is 4.74 Å². The summed E-state index contributed by atoms with van der Waals surface area (Å²) in [6.45, 7) is 5.05. The summed E-state index contributed by atoms with van der Waals surface area (Å²) >= 11 is 1.89. The minimum absolute atomic E-state index is 0.705. The third-order valence-corrected chi connectivity index (χ3v) is 5.41. The van der Waals surface area contributed by atoms with Crippen LogP contribution in [-0.2, 0) is 17.9 Å². The molecule has 3 rings (SSSR count). The van der Waals surface area contributed by atoms with Crippen molar-refractivity contribution in [1.29, 1.82) is 0 Å². The first-order chi connectivity index (χ1) is 9.81. The molecule has 0 bridgehead atoms. The van der Waals surface area contributed by atoms with Crippen molar-refractivity contribution in [3.63, 3.8) is 0 Å². The number of ether oxygens (including phenoxy) is 1. The second-order valence-corrected chi connectivity index (χ2v) is 7.47. The summed E-state index contributed by atoms with van der Waals surface area (Å²) in [7, 11) is 0. The molecule has 2 unspecified atom stereocenters. The van der Waals surface area contributed by atoms with Crippen LogP contribution in [0, 0.1) is 11.8 Å². The largest absolute Gasteiger partial charge is 0.376 e. The van der Waals surface area contributed by atoms with Crippen LogP contribution in [0.1, 0.15) is 42.4 Å². The van der Waals surface area contributed by atoms with Crippen LogP contribution in [-0.4, -0.2) is 12.6 Å². The van der Waals surface area contributed by atoms with Crippen LogP contribution in [0.15, 0.2) is 24.3 Å². The Morgan fingerprint density at radius 3 is 2.80 bits per heavy atom. The topological polar surface area (TPSA) is 21.3 Å². The second kappa shape index (κ2) is 6.88. The summed E-state index contributed by atoms with van der Waals surface area (Å²) in [6, 6.07) is 5.25. The van der Waals surface area contributed by atoms with Crippen LogP contribution in [0.2, 0.25) is 0 Å². The fourth-order valence-electron chi connectivity index (χ4n) is 2.68. The van der Waals surface area contributed by atoms with E-state index in [1.165, 1.54) is 35.4 Å². The molecular weight excluding hydrogens is 266 g/mol. The average Bonchev–Trinajstić information content (AvgIpc) is 3.18. The predicted molar refractivity (Wildman–Crippen MR) is 84.9 cm³/mol. The Morgan fingerprint density at radius 2 is 2.00 bits per heavy atom. The van der Waals surface area contributed by atoms with Crippen molar-refractivity contribution in [2.45, 2.75) is 51.8 Å². The van der Waals surface area contributed by atoms with E-state index in [1.54, 1.807) is 0 Å². The van der Waals surface area contributed by atoms with Gasteiger partial charge in [-0.3, -0.25) is 0 Å². The molecule has 0 aliphatic heterocycles. The second-order valence-electron chi connectivity index (χ2n) is 6.22. The zero-order valence-electron chi connectivity index (χ0n) is 12.3. The molecule has 1 N–H and O–H groups in total. The molecule has 1 saturated carbocycles. The molecule has 3 heteroatoms. The Labute approximate surface area is 126 Å². The molecule has 0 spiro atoms. The maximum atomic E-state index is 5.94. The summed E-state index contributed by atoms with van der Waals surface area (Å²) in [5, 5.41) is 3.56. The lowest BCUT2D eigenvalue weighted by molar-refractivity contribution is 0.0695. The van der Waals surface area contributed by atoms with E-state index in [-0.39, 0.29) is 0 Å². The Bertz CT molecular complexity index is 450. The smallest absolute Gasteiger partial charge is 0.0809 e. The Morgan fingerprint density at radius 1 is 1.20 bits per heavy atom. The van der Waals surface area contributed by atoms with E-state index in [4.69, 9.17) is 4.74 Å². The molecule has 110 valence electrons. The molecule has 2 aliphatic rings. The van der Waals surface area contributed by atoms with E-state index in [0.29, 0.717) is 5.92 Å². The van der Waals surface area contributed by atoms with Gasteiger partial charge < -0.3 is 10.1 Å². The average molecular weight is 291 g/mol. The van der Waals surface area contributed by atoms with Gasteiger partial charge >= 0.3 is 0 Å². The first-order valence-electron chi connectivity index (χ1n) is 7.85. The molecule has 0 saturated heterocycles. The van der Waals surface area contributed by atoms with Crippen molar-refractivity contribution in [3.05, 3.63) is 34.0 Å². The Kier molecular flexibility index (Phi) is 4.92. The molecule has 2 atom stereocenters. The summed E-state index contributed by atoms with van der Waals surface area (Å²) in [4.78, 5) is 2.79. The van der Waals surface area contributed by atoms with Gasteiger partial charge in [0.05, 0.1) is 13.2 Å². The minimum Gasteiger partial charge on any atom is -0.376 e. The van der Waals surface area contributed by atoms with E-state index in [2.05, 4.69) is 36.5 Å². The van der Waals surface area contributed by atoms with Gasteiger partial charge in [-0.25, -0.2) is 0 Å². The van der Waals surface area contributed by atoms with Crippen LogP contribution < -0.4 is 5.32 Å². The highest BCUT2D eigenvalue weighted by molar-refractivity contribution is 7.11. The summed E-state index contributed by atoms with van der Waals surface area (Å²) < 4.78 is 5.94. The van der Waals surface area contributed by atoms with Gasteiger partial charge in [-0.15, -0.1) is 11.3 Å². The monoisotopic (exact) mass is 291 g/mol. The van der Waals surface area contributed by atoms with Gasteiger partial charge in [0.25, 0.3) is 0 Å². The van der Waals surface area contributed by atoms with Gasteiger partial charge in [0.2, 0.25) is 0 Å². The van der Waals surface area contributed by atoms with Crippen molar-refractivity contribution >= 4 is 11.3 Å². The summed E-state index contributed by atoms with van der Waals surface area (Å²) in [5.41, 5.74) is 0. The van der Waals surface area contributed by atoms with E-state index in [0.717, 1.165) is 31.7 Å². The Hall–Kier alpha value is -0.640. The predicted octanol–water partition coefficient (Wildman–Crippen LogP) is 4.12. The summed E-state index contributed by atoms with van der Waals surface area (Å²) in [5.74, 6) is 1.47. The lowest BCUT2D eigenvalue weighted by Crippen LogP contribution is -2.19. The molecule has 0 aromatic carbocycles. The minimum atomic E-state index is 0.705. The zero-order chi connectivity index (χ0) is 13.8. The molecule has 0 radical (unpaired) electrons. The zero-order valence-corrected chi connectivity index (χ0v) is 13.1. The van der Waals surface area contributed by atoms with Crippen molar-refractivity contribution in [2.75, 3.05) is 6.61 Å². The lowest BCUT2D eigenvalue weighted by Gasteiger charge is -2.24. The van der Waals surface area contributed by atoms with E-state index in [9.17, 15) is 0 Å². The number of hydrogen-bond donors (Lipinski definition) is 1. The maximum absolute atomic E-state index is 5.94. The quantitative estimate of drug-likeness (QED) is 0.763. The maximum Gasteiger partial charge on any atom is 0.0809 e. The third kappa shape index (κ3) is 4.18. The third-order valence-electron chi connectivity index (χ3n) is 4.35. The lowest BCUT2D eigenvalue weighted by atomic mass is 9.85. The molecule has 2 nitrogen and oxygen atoms in total. The van der Waals surface area contributed by atoms with Crippen LogP contribution >= 0.6 is 11.3 Å². The molecule has 2 aliphatic carbocycles. The van der Waals surface area contributed by atoms with Gasteiger partial charge in [-0.1, -0.05) is 19.1 Å². The van der Waals surface area contributed by atoms with Gasteiger partial charge in [0, 0.05) is 22.3 Å². The van der Waals surface area contributed by atoms with E-state index in [1.807, 2.05) is 11.3 Å². The molecule has 20 heavy (non-hydrogen) atoms. The molecule has 1 heterocycles. The van der Waals surface area contributed by atoms with Crippen LogP contribution in [0.3, 0.4) is 0 Å². The fraction of sp³-hybridized carbons (Fsp3) is 0.647. The molecule has 0 amide bonds. The molecule has 1 aromatic rings. The molecule has 1 fully saturated rings. The SMILES string of the molecule is CC1CC=CCC1COCc1ccc(CNC2CC2)s1. The number of rotatable bonds is 7. The van der Waals surface area contributed by atoms with E-state index >= 15 is 0 Å². The van der Waals surface area contributed by atoms with Crippen molar-refractivity contribution in [3.8, 4) is 0 Å². The fourth-order valence-corrected chi connectivity index (χ4v) is 3.58. The molecular formula is C17H25NOS. The highest BCUT2D eigenvalue weighted by Crippen LogP contribution is 2.26. The standard InChI is InChI=1S/C17H25NOS/c1-13-4-2-3-5-14(13)11-19-12-17-9-8-16(20-17)10-18-15-6-7-15/h2-3,8-9,13-15,18H,4-7,10-12H2,1H3. The summed E-state index contributed by atoms with van der Waals surface area (Å²) in [6.07, 6.45) is 9.72. The van der Waals surface area contributed by atoms with Crippen LogP contribution in [0.5, 0.6) is 0 Å². The molecule has 1 aromatic heterocycles. The number of thiophene rings is 1. The van der Waals surface area contributed by atoms with Gasteiger partial charge in [-0.05, 0) is 49.7 Å². The van der Waals surface area contributed by atoms with E-state index < -0.39 is 0 Å². The highest BCUT2D eigenvalue weighted by Gasteiger charge is 2.20. The highest BCUT2D eigenvalue weighted by atomic mass is 32.1. The van der Waals surface area contributed by atoms with Crippen LogP contribution in [0.4, 0.5) is 0 Å². The number of hydrogen-bond acceptors (Lipinski definition) is 3. The van der Waals surface area contributed by atoms with Crippen molar-refractivity contribution in [1.82, 2.24) is 5.32 Å². The Balaban J connectivity index is 1.38. The number of allylic oxidation sites excluding steroid dienone is 2. The van der Waals surface area contributed by atoms with Gasteiger partial charge in [-0.2, -0.15) is 0 Å².